The van der Waals surface area contributed by atoms with Gasteiger partial charge < -0.3 is 5.01 Å². The van der Waals surface area contributed by atoms with Gasteiger partial charge >= 0.3 is 0 Å². The lowest BCUT2D eigenvalue weighted by atomic mass is 10.1. The highest BCUT2D eigenvalue weighted by atomic mass is 15.5. The second kappa shape index (κ2) is 3.77. The number of hydrogen-bond donors (Lipinski definition) is 1. The zero-order valence-electron chi connectivity index (χ0n) is 7.72. The van der Waals surface area contributed by atoms with Crippen LogP contribution < -0.4 is 5.43 Å². The van der Waals surface area contributed by atoms with E-state index in [1.807, 2.05) is 0 Å². The molecule has 2 heteroatoms. The van der Waals surface area contributed by atoms with Gasteiger partial charge in [-0.05, 0) is 24.8 Å². The monoisotopic (exact) mass is 154 g/mol. The van der Waals surface area contributed by atoms with Crippen LogP contribution in [0.25, 0.3) is 0 Å². The molecule has 0 unspecified atom stereocenters. The minimum atomic E-state index is 0.797. The van der Waals surface area contributed by atoms with Crippen molar-refractivity contribution >= 4 is 0 Å². The highest BCUT2D eigenvalue weighted by molar-refractivity contribution is 5.03. The van der Waals surface area contributed by atoms with Crippen LogP contribution in [-0.4, -0.2) is 18.1 Å². The van der Waals surface area contributed by atoms with Crippen LogP contribution in [-0.2, 0) is 0 Å². The van der Waals surface area contributed by atoms with Crippen LogP contribution in [0.3, 0.4) is 0 Å². The first-order chi connectivity index (χ1) is 5.18. The van der Waals surface area contributed by atoms with Crippen LogP contribution in [0.2, 0.25) is 0 Å². The van der Waals surface area contributed by atoms with Gasteiger partial charge in [0.1, 0.15) is 0 Å². The summed E-state index contributed by atoms with van der Waals surface area (Å²) < 4.78 is 0. The molecule has 0 bridgehead atoms. The van der Waals surface area contributed by atoms with Crippen molar-refractivity contribution < 1.29 is 0 Å². The van der Waals surface area contributed by atoms with Crippen molar-refractivity contribution in [1.82, 2.24) is 10.4 Å². The summed E-state index contributed by atoms with van der Waals surface area (Å²) in [6, 6.07) is 0. The van der Waals surface area contributed by atoms with Crippen LogP contribution in [0.4, 0.5) is 0 Å². The van der Waals surface area contributed by atoms with Gasteiger partial charge in [-0.2, -0.15) is 0 Å². The van der Waals surface area contributed by atoms with Crippen molar-refractivity contribution in [2.45, 2.75) is 27.2 Å². The van der Waals surface area contributed by atoms with Crippen LogP contribution >= 0.6 is 0 Å². The highest BCUT2D eigenvalue weighted by Crippen LogP contribution is 2.06. The van der Waals surface area contributed by atoms with Crippen LogP contribution in [0, 0.1) is 5.92 Å². The lowest BCUT2D eigenvalue weighted by Gasteiger charge is -2.16. The molecule has 0 fully saturated rings. The molecule has 2 nitrogen and oxygen atoms in total. The quantitative estimate of drug-likeness (QED) is 0.666. The summed E-state index contributed by atoms with van der Waals surface area (Å²) >= 11 is 0. The fourth-order valence-corrected chi connectivity index (χ4v) is 1.12. The van der Waals surface area contributed by atoms with E-state index in [2.05, 4.69) is 37.4 Å². The maximum atomic E-state index is 3.30. The second-order valence-corrected chi connectivity index (χ2v) is 3.69. The average molecular weight is 154 g/mol. The van der Waals surface area contributed by atoms with Gasteiger partial charge in [0.05, 0.1) is 0 Å². The Morgan fingerprint density at radius 2 is 2.36 bits per heavy atom. The van der Waals surface area contributed by atoms with Gasteiger partial charge in [0.2, 0.25) is 0 Å². The maximum absolute atomic E-state index is 3.30. The third-order valence-electron chi connectivity index (χ3n) is 1.88. The van der Waals surface area contributed by atoms with E-state index in [9.17, 15) is 0 Å². The molecule has 0 spiro atoms. The van der Waals surface area contributed by atoms with Gasteiger partial charge in [0.25, 0.3) is 0 Å². The Kier molecular flexibility index (Phi) is 2.94. The van der Waals surface area contributed by atoms with Crippen molar-refractivity contribution in [3.63, 3.8) is 0 Å². The van der Waals surface area contributed by atoms with E-state index in [4.69, 9.17) is 0 Å². The Balaban J connectivity index is 2.18. The SMILES string of the molecule is CC1=CN(CCC(C)C)NC1. The summed E-state index contributed by atoms with van der Waals surface area (Å²) in [4.78, 5) is 0. The summed E-state index contributed by atoms with van der Waals surface area (Å²) in [6.45, 7) is 8.83. The Morgan fingerprint density at radius 1 is 1.64 bits per heavy atom. The van der Waals surface area contributed by atoms with Crippen LogP contribution in [0.5, 0.6) is 0 Å². The highest BCUT2D eigenvalue weighted by Gasteiger charge is 2.07. The first kappa shape index (κ1) is 8.60. The van der Waals surface area contributed by atoms with E-state index in [1.165, 1.54) is 12.0 Å². The Bertz CT molecular complexity index is 150. The lowest BCUT2D eigenvalue weighted by Crippen LogP contribution is -2.30. The Morgan fingerprint density at radius 3 is 2.82 bits per heavy atom. The molecule has 0 saturated heterocycles. The maximum Gasteiger partial charge on any atom is 0.0375 e. The Hall–Kier alpha value is -0.500. The molecule has 0 aromatic carbocycles. The molecule has 0 radical (unpaired) electrons. The summed E-state index contributed by atoms with van der Waals surface area (Å²) in [5.41, 5.74) is 4.73. The molecule has 0 aromatic heterocycles. The predicted octanol–water partition coefficient (Wildman–Crippen LogP) is 1.76. The van der Waals surface area contributed by atoms with Crippen molar-refractivity contribution in [3.8, 4) is 0 Å². The van der Waals surface area contributed by atoms with Crippen LogP contribution in [0.1, 0.15) is 27.2 Å². The molecule has 1 rings (SSSR count). The van der Waals surface area contributed by atoms with Gasteiger partial charge in [-0.1, -0.05) is 13.8 Å². The number of nitrogens with zero attached hydrogens (tertiary/aromatic N) is 1. The molecule has 1 aliphatic heterocycles. The Labute approximate surface area is 69.2 Å². The molecule has 1 N–H and O–H groups in total. The van der Waals surface area contributed by atoms with Gasteiger partial charge in [0, 0.05) is 19.3 Å². The lowest BCUT2D eigenvalue weighted by molar-refractivity contribution is 0.286. The molecule has 0 amide bonds. The van der Waals surface area contributed by atoms with Gasteiger partial charge in [-0.25, -0.2) is 5.43 Å². The second-order valence-electron chi connectivity index (χ2n) is 3.69. The molecular formula is C9H18N2. The molecule has 64 valence electrons. The summed E-state index contributed by atoms with van der Waals surface area (Å²) in [5.74, 6) is 0.797. The van der Waals surface area contributed by atoms with E-state index in [0.29, 0.717) is 0 Å². The fourth-order valence-electron chi connectivity index (χ4n) is 1.12. The average Bonchev–Trinajstić information content (AvgIpc) is 2.31. The van der Waals surface area contributed by atoms with Crippen LogP contribution in [0.15, 0.2) is 11.8 Å². The van der Waals surface area contributed by atoms with Crippen molar-refractivity contribution in [2.75, 3.05) is 13.1 Å². The van der Waals surface area contributed by atoms with E-state index in [0.717, 1.165) is 19.0 Å². The van der Waals surface area contributed by atoms with Gasteiger partial charge in [-0.3, -0.25) is 0 Å². The molecule has 0 atom stereocenters. The first-order valence-electron chi connectivity index (χ1n) is 4.36. The molecule has 1 heterocycles. The summed E-state index contributed by atoms with van der Waals surface area (Å²) in [5, 5.41) is 2.19. The molecule has 1 aliphatic rings. The van der Waals surface area contributed by atoms with E-state index in [-0.39, 0.29) is 0 Å². The molecule has 0 aliphatic carbocycles. The van der Waals surface area contributed by atoms with Crippen molar-refractivity contribution in [3.05, 3.63) is 11.8 Å². The molecule has 0 aromatic rings. The topological polar surface area (TPSA) is 15.3 Å². The summed E-state index contributed by atoms with van der Waals surface area (Å²) in [6.07, 6.45) is 3.46. The van der Waals surface area contributed by atoms with Crippen molar-refractivity contribution in [2.24, 2.45) is 5.92 Å². The molecule has 0 saturated carbocycles. The third-order valence-corrected chi connectivity index (χ3v) is 1.88. The van der Waals surface area contributed by atoms with Gasteiger partial charge in [-0.15, -0.1) is 0 Å². The third kappa shape index (κ3) is 2.93. The standard InChI is InChI=1S/C9H18N2/c1-8(2)4-5-11-7-9(3)6-10-11/h7-8,10H,4-6H2,1-3H3. The van der Waals surface area contributed by atoms with Crippen molar-refractivity contribution in [1.29, 1.82) is 0 Å². The minimum Gasteiger partial charge on any atom is -0.315 e. The van der Waals surface area contributed by atoms with Gasteiger partial charge in [0.15, 0.2) is 0 Å². The number of rotatable bonds is 3. The zero-order valence-corrected chi connectivity index (χ0v) is 7.72. The molecular weight excluding hydrogens is 136 g/mol. The van der Waals surface area contributed by atoms with E-state index in [1.54, 1.807) is 0 Å². The normalized spacial score (nSPS) is 17.8. The molecule has 11 heavy (non-hydrogen) atoms. The largest absolute Gasteiger partial charge is 0.315 e. The van der Waals surface area contributed by atoms with E-state index < -0.39 is 0 Å². The fraction of sp³-hybridized carbons (Fsp3) is 0.778. The number of nitrogens with one attached hydrogen (secondary N) is 1. The number of hydrogen-bond acceptors (Lipinski definition) is 2. The zero-order chi connectivity index (χ0) is 8.27. The number of hydrazine groups is 1. The smallest absolute Gasteiger partial charge is 0.0375 e. The summed E-state index contributed by atoms with van der Waals surface area (Å²) in [7, 11) is 0. The minimum absolute atomic E-state index is 0.797. The van der Waals surface area contributed by atoms with E-state index >= 15 is 0 Å². The first-order valence-corrected chi connectivity index (χ1v) is 4.36. The predicted molar refractivity (Wildman–Crippen MR) is 47.9 cm³/mol.